The average molecular weight is 206 g/mol. The normalized spacial score (nSPS) is 15.5. The lowest BCUT2D eigenvalue weighted by Crippen LogP contribution is -2.43. The maximum Gasteiger partial charge on any atom is 0.0396 e. The Bertz CT molecular complexity index is 278. The number of para-hydroxylation sites is 1. The largest absolute Gasteiger partial charge is 0.369 e. The van der Waals surface area contributed by atoms with E-state index in [4.69, 9.17) is 0 Å². The molecule has 0 radical (unpaired) electrons. The van der Waals surface area contributed by atoms with E-state index in [2.05, 4.69) is 41.4 Å². The number of benzene rings is 1. The molecule has 1 aliphatic heterocycles. The van der Waals surface area contributed by atoms with Crippen LogP contribution in [0.2, 0.25) is 0 Å². The van der Waals surface area contributed by atoms with Crippen molar-refractivity contribution in [1.29, 1.82) is 0 Å². The molecule has 0 aromatic heterocycles. The van der Waals surface area contributed by atoms with E-state index < -0.39 is 0 Å². The molecule has 1 N–H and O–H groups in total. The van der Waals surface area contributed by atoms with Crippen LogP contribution in [0.4, 0.5) is 5.69 Å². The first-order valence-electron chi connectivity index (χ1n) is 5.89. The first-order chi connectivity index (χ1) is 7.38. The van der Waals surface area contributed by atoms with E-state index in [0.717, 1.165) is 26.2 Å². The summed E-state index contributed by atoms with van der Waals surface area (Å²) < 4.78 is 0. The zero-order valence-corrected chi connectivity index (χ0v) is 10.1. The van der Waals surface area contributed by atoms with Crippen LogP contribution in [0.25, 0.3) is 0 Å². The van der Waals surface area contributed by atoms with Gasteiger partial charge in [-0.3, -0.25) is 0 Å². The molecule has 1 aromatic rings. The third-order valence-electron chi connectivity index (χ3n) is 2.57. The van der Waals surface area contributed by atoms with E-state index in [-0.39, 0.29) is 0 Å². The van der Waals surface area contributed by atoms with Crippen molar-refractivity contribution in [2.45, 2.75) is 20.8 Å². The summed E-state index contributed by atoms with van der Waals surface area (Å²) in [6, 6.07) is 8.60. The van der Waals surface area contributed by atoms with Gasteiger partial charge in [0.1, 0.15) is 0 Å². The number of nitrogens with zero attached hydrogens (tertiary/aromatic N) is 1. The molecule has 0 saturated carbocycles. The summed E-state index contributed by atoms with van der Waals surface area (Å²) in [7, 11) is 0. The van der Waals surface area contributed by atoms with E-state index in [1.807, 2.05) is 13.8 Å². The maximum absolute atomic E-state index is 3.36. The van der Waals surface area contributed by atoms with Crippen LogP contribution in [0, 0.1) is 6.92 Å². The molecule has 0 atom stereocenters. The van der Waals surface area contributed by atoms with Crippen molar-refractivity contribution in [3.8, 4) is 0 Å². The van der Waals surface area contributed by atoms with Gasteiger partial charge in [0.05, 0.1) is 0 Å². The smallest absolute Gasteiger partial charge is 0.0396 e. The van der Waals surface area contributed by atoms with Gasteiger partial charge >= 0.3 is 0 Å². The van der Waals surface area contributed by atoms with Gasteiger partial charge in [0.2, 0.25) is 0 Å². The number of piperazine rings is 1. The maximum atomic E-state index is 3.36. The molecule has 0 unspecified atom stereocenters. The highest BCUT2D eigenvalue weighted by atomic mass is 15.2. The molecule has 2 rings (SSSR count). The quantitative estimate of drug-likeness (QED) is 0.759. The van der Waals surface area contributed by atoms with Crippen LogP contribution in [0.5, 0.6) is 0 Å². The second-order valence-electron chi connectivity index (χ2n) is 3.52. The lowest BCUT2D eigenvalue weighted by molar-refractivity contribution is 0.588. The van der Waals surface area contributed by atoms with Gasteiger partial charge in [-0.05, 0) is 18.6 Å². The Morgan fingerprint density at radius 1 is 1.07 bits per heavy atom. The minimum Gasteiger partial charge on any atom is -0.369 e. The van der Waals surface area contributed by atoms with Gasteiger partial charge in [0.25, 0.3) is 0 Å². The highest BCUT2D eigenvalue weighted by Gasteiger charge is 2.10. The van der Waals surface area contributed by atoms with Crippen molar-refractivity contribution < 1.29 is 0 Å². The van der Waals surface area contributed by atoms with Crippen LogP contribution >= 0.6 is 0 Å². The minimum absolute atomic E-state index is 1.11. The van der Waals surface area contributed by atoms with Gasteiger partial charge in [-0.15, -0.1) is 0 Å². The van der Waals surface area contributed by atoms with E-state index in [1.54, 1.807) is 0 Å². The molecule has 1 fully saturated rings. The van der Waals surface area contributed by atoms with Crippen molar-refractivity contribution in [1.82, 2.24) is 5.32 Å². The van der Waals surface area contributed by atoms with Gasteiger partial charge in [0.15, 0.2) is 0 Å². The molecule has 2 heteroatoms. The highest BCUT2D eigenvalue weighted by Crippen LogP contribution is 2.19. The van der Waals surface area contributed by atoms with Gasteiger partial charge < -0.3 is 10.2 Å². The molecule has 15 heavy (non-hydrogen) atoms. The molecule has 2 nitrogen and oxygen atoms in total. The van der Waals surface area contributed by atoms with E-state index in [0.29, 0.717) is 0 Å². The molecule has 1 aliphatic rings. The second-order valence-corrected chi connectivity index (χ2v) is 3.52. The second kappa shape index (κ2) is 6.46. The molecule has 84 valence electrons. The summed E-state index contributed by atoms with van der Waals surface area (Å²) >= 11 is 0. The van der Waals surface area contributed by atoms with Crippen LogP contribution in [-0.4, -0.2) is 26.2 Å². The third-order valence-corrected chi connectivity index (χ3v) is 2.57. The molecule has 1 saturated heterocycles. The summed E-state index contributed by atoms with van der Waals surface area (Å²) in [5.41, 5.74) is 2.77. The third kappa shape index (κ3) is 3.24. The molecule has 0 amide bonds. The Morgan fingerprint density at radius 3 is 2.27 bits per heavy atom. The van der Waals surface area contributed by atoms with Crippen molar-refractivity contribution in [2.24, 2.45) is 0 Å². The van der Waals surface area contributed by atoms with E-state index in [9.17, 15) is 0 Å². The van der Waals surface area contributed by atoms with Crippen LogP contribution in [0.1, 0.15) is 19.4 Å². The number of anilines is 1. The SMILES string of the molecule is CC.Cc1ccccc1N1CCNCC1. The average Bonchev–Trinajstić information content (AvgIpc) is 2.33. The first kappa shape index (κ1) is 12.1. The van der Waals surface area contributed by atoms with Crippen LogP contribution in [0.3, 0.4) is 0 Å². The zero-order chi connectivity index (χ0) is 11.1. The standard InChI is InChI=1S/C11H16N2.C2H6/c1-10-4-2-3-5-11(10)13-8-6-12-7-9-13;1-2/h2-5,12H,6-9H2,1H3;1-2H3. The first-order valence-corrected chi connectivity index (χ1v) is 5.89. The van der Waals surface area contributed by atoms with Gasteiger partial charge in [-0.25, -0.2) is 0 Å². The molecule has 0 spiro atoms. The summed E-state index contributed by atoms with van der Waals surface area (Å²) in [5, 5.41) is 3.36. The Labute approximate surface area is 93.3 Å². The number of rotatable bonds is 1. The molecule has 0 bridgehead atoms. The van der Waals surface area contributed by atoms with Crippen molar-refractivity contribution in [3.05, 3.63) is 29.8 Å². The van der Waals surface area contributed by atoms with Crippen LogP contribution in [0.15, 0.2) is 24.3 Å². The number of aryl methyl sites for hydroxylation is 1. The fourth-order valence-corrected chi connectivity index (χ4v) is 1.82. The molecular formula is C13H22N2. The van der Waals surface area contributed by atoms with E-state index >= 15 is 0 Å². The number of nitrogens with one attached hydrogen (secondary N) is 1. The Balaban J connectivity index is 0.000000531. The van der Waals surface area contributed by atoms with Crippen LogP contribution in [-0.2, 0) is 0 Å². The Morgan fingerprint density at radius 2 is 1.67 bits per heavy atom. The summed E-state index contributed by atoms with van der Waals surface area (Å²) in [6.45, 7) is 10.6. The topological polar surface area (TPSA) is 15.3 Å². The minimum atomic E-state index is 1.11. The van der Waals surface area contributed by atoms with Crippen molar-refractivity contribution in [3.63, 3.8) is 0 Å². The lowest BCUT2D eigenvalue weighted by atomic mass is 10.1. The fraction of sp³-hybridized carbons (Fsp3) is 0.538. The molecule has 1 heterocycles. The van der Waals surface area contributed by atoms with Gasteiger partial charge in [-0.2, -0.15) is 0 Å². The summed E-state index contributed by atoms with van der Waals surface area (Å²) in [4.78, 5) is 2.45. The number of hydrogen-bond donors (Lipinski definition) is 1. The predicted molar refractivity (Wildman–Crippen MR) is 67.6 cm³/mol. The highest BCUT2D eigenvalue weighted by molar-refractivity contribution is 5.53. The Kier molecular flexibility index (Phi) is 5.19. The molecule has 1 aromatic carbocycles. The van der Waals surface area contributed by atoms with Crippen LogP contribution < -0.4 is 10.2 Å². The van der Waals surface area contributed by atoms with Crippen molar-refractivity contribution in [2.75, 3.05) is 31.1 Å². The Hall–Kier alpha value is -1.02. The molecular weight excluding hydrogens is 184 g/mol. The summed E-state index contributed by atoms with van der Waals surface area (Å²) in [6.07, 6.45) is 0. The van der Waals surface area contributed by atoms with Crippen molar-refractivity contribution >= 4 is 5.69 Å². The lowest BCUT2D eigenvalue weighted by Gasteiger charge is -2.30. The fourth-order valence-electron chi connectivity index (χ4n) is 1.82. The monoisotopic (exact) mass is 206 g/mol. The van der Waals surface area contributed by atoms with E-state index in [1.165, 1.54) is 11.3 Å². The molecule has 0 aliphatic carbocycles. The predicted octanol–water partition coefficient (Wildman–Crippen LogP) is 2.43. The van der Waals surface area contributed by atoms with Gasteiger partial charge in [-0.1, -0.05) is 32.0 Å². The number of hydrogen-bond acceptors (Lipinski definition) is 2. The van der Waals surface area contributed by atoms with Gasteiger partial charge in [0, 0.05) is 31.9 Å². The zero-order valence-electron chi connectivity index (χ0n) is 10.1. The summed E-state index contributed by atoms with van der Waals surface area (Å²) in [5.74, 6) is 0.